The number of aliphatic hydroxyl groups excluding tert-OH is 1. The van der Waals surface area contributed by atoms with E-state index in [9.17, 15) is 9.26 Å². The number of hydrogen-bond donors (Lipinski definition) is 1. The van der Waals surface area contributed by atoms with E-state index < -0.39 is 21.0 Å². The van der Waals surface area contributed by atoms with Crippen LogP contribution in [0.4, 0.5) is 0 Å². The van der Waals surface area contributed by atoms with Crippen molar-refractivity contribution in [2.24, 2.45) is 0 Å². The average molecular weight is 172 g/mol. The topological polar surface area (TPSA) is 63.6 Å². The normalized spacial score (nSPS) is 11.1. The molecule has 0 aromatic carbocycles. The molecule has 0 spiro atoms. The molecule has 0 aromatic heterocycles. The molecule has 1 N–H and O–H groups in total. The standard InChI is InChI=1S/C4H8O4Si.Na.H/c1-3(5)4(6)8-9(2)7;;/h3,5H,1-2H3;;. The van der Waals surface area contributed by atoms with Crippen molar-refractivity contribution in [3.8, 4) is 0 Å². The minimum absolute atomic E-state index is 0. The maximum atomic E-state index is 10.3. The molecule has 1 unspecified atom stereocenters. The predicted molar refractivity (Wildman–Crippen MR) is 37.2 cm³/mol. The number of aliphatic hydroxyl groups is 1. The van der Waals surface area contributed by atoms with Gasteiger partial charge in [0.15, 0.2) is 0 Å². The van der Waals surface area contributed by atoms with Gasteiger partial charge in [-0.05, 0) is 6.92 Å². The number of carbonyl (C=O) groups is 1. The SMILES string of the molecule is CC(O)C(=O)O[Si](C)=O.[NaH]. The van der Waals surface area contributed by atoms with Crippen LogP contribution in [0.25, 0.3) is 0 Å². The molecule has 10 heavy (non-hydrogen) atoms. The minimum atomic E-state index is -2.24. The summed E-state index contributed by atoms with van der Waals surface area (Å²) < 4.78 is 14.4. The van der Waals surface area contributed by atoms with Crippen LogP contribution in [0.5, 0.6) is 0 Å². The van der Waals surface area contributed by atoms with E-state index in [-0.39, 0.29) is 29.6 Å². The van der Waals surface area contributed by atoms with E-state index in [1.807, 2.05) is 0 Å². The molecule has 0 saturated carbocycles. The second-order valence-corrected chi connectivity index (χ2v) is 2.78. The van der Waals surface area contributed by atoms with Gasteiger partial charge in [-0.15, -0.1) is 0 Å². The fourth-order valence-electron chi connectivity index (χ4n) is 0.227. The molecule has 0 fully saturated rings. The second kappa shape index (κ2) is 6.18. The van der Waals surface area contributed by atoms with Gasteiger partial charge < -0.3 is 14.0 Å². The third-order valence-electron chi connectivity index (χ3n) is 0.585. The van der Waals surface area contributed by atoms with Crippen LogP contribution in [0.1, 0.15) is 6.92 Å². The average Bonchev–Trinajstić information content (AvgIpc) is 1.63. The van der Waals surface area contributed by atoms with E-state index in [2.05, 4.69) is 4.43 Å². The molecule has 1 atom stereocenters. The summed E-state index contributed by atoms with van der Waals surface area (Å²) in [6, 6.07) is 0. The Kier molecular flexibility index (Phi) is 8.07. The van der Waals surface area contributed by atoms with Gasteiger partial charge >= 0.3 is 44.5 Å². The molecule has 0 amide bonds. The monoisotopic (exact) mass is 172 g/mol. The summed E-state index contributed by atoms with van der Waals surface area (Å²) in [6.07, 6.45) is -1.18. The molecule has 6 heteroatoms. The van der Waals surface area contributed by atoms with Crippen LogP contribution in [0.2, 0.25) is 6.55 Å². The molecule has 0 aliphatic heterocycles. The molecule has 0 radical (unpaired) electrons. The van der Waals surface area contributed by atoms with Gasteiger partial charge in [0.1, 0.15) is 6.10 Å². The van der Waals surface area contributed by atoms with E-state index in [4.69, 9.17) is 5.11 Å². The summed E-state index contributed by atoms with van der Waals surface area (Å²) in [7, 11) is -2.24. The summed E-state index contributed by atoms with van der Waals surface area (Å²) in [5.74, 6) is -0.832. The number of hydrogen-bond acceptors (Lipinski definition) is 4. The van der Waals surface area contributed by atoms with Gasteiger partial charge in [0, 0.05) is 6.55 Å². The Morgan fingerprint density at radius 1 is 1.70 bits per heavy atom. The summed E-state index contributed by atoms with van der Waals surface area (Å²) in [5.41, 5.74) is 0. The first-order valence-corrected chi connectivity index (χ1v) is 4.26. The molecule has 54 valence electrons. The van der Waals surface area contributed by atoms with Crippen LogP contribution < -0.4 is 0 Å². The van der Waals surface area contributed by atoms with Gasteiger partial charge in [-0.3, -0.25) is 4.79 Å². The molecule has 0 aliphatic carbocycles. The predicted octanol–water partition coefficient (Wildman–Crippen LogP) is -1.19. The Balaban J connectivity index is 0. The fourth-order valence-corrected chi connectivity index (χ4v) is 0.681. The van der Waals surface area contributed by atoms with Crippen LogP contribution in [0.3, 0.4) is 0 Å². The molecule has 4 nitrogen and oxygen atoms in total. The van der Waals surface area contributed by atoms with Crippen LogP contribution in [-0.2, 0) is 13.7 Å². The van der Waals surface area contributed by atoms with Gasteiger partial charge in [0.05, 0.1) is 0 Å². The zero-order valence-electron chi connectivity index (χ0n) is 5.25. The molecule has 0 aliphatic rings. The van der Waals surface area contributed by atoms with Crippen LogP contribution in [0, 0.1) is 0 Å². The van der Waals surface area contributed by atoms with E-state index in [1.165, 1.54) is 13.5 Å². The maximum absolute atomic E-state index is 10.3. The zero-order chi connectivity index (χ0) is 7.44. The van der Waals surface area contributed by atoms with Gasteiger partial charge in [-0.2, -0.15) is 0 Å². The van der Waals surface area contributed by atoms with Gasteiger partial charge in [0.2, 0.25) is 0 Å². The number of rotatable bonds is 2. The van der Waals surface area contributed by atoms with Crippen molar-refractivity contribution in [1.29, 1.82) is 0 Å². The van der Waals surface area contributed by atoms with E-state index >= 15 is 0 Å². The molecule has 0 aromatic rings. The number of carbonyl (C=O) groups excluding carboxylic acids is 1. The molecular formula is C4H9NaO4Si. The van der Waals surface area contributed by atoms with Crippen molar-refractivity contribution in [2.45, 2.75) is 19.6 Å². The van der Waals surface area contributed by atoms with Crippen LogP contribution in [0.15, 0.2) is 0 Å². The molecule has 0 saturated heterocycles. The van der Waals surface area contributed by atoms with Crippen molar-refractivity contribution in [1.82, 2.24) is 0 Å². The second-order valence-electron chi connectivity index (χ2n) is 1.59. The Morgan fingerprint density at radius 3 is 2.20 bits per heavy atom. The van der Waals surface area contributed by atoms with Crippen LogP contribution >= 0.6 is 0 Å². The molecule has 0 heterocycles. The summed E-state index contributed by atoms with van der Waals surface area (Å²) in [5, 5.41) is 8.47. The first-order valence-electron chi connectivity index (χ1n) is 2.44. The van der Waals surface area contributed by atoms with E-state index in [0.717, 1.165) is 0 Å². The van der Waals surface area contributed by atoms with Gasteiger partial charge in [0.25, 0.3) is 0 Å². The van der Waals surface area contributed by atoms with Crippen LogP contribution in [-0.4, -0.2) is 55.7 Å². The molecule has 0 bridgehead atoms. The summed E-state index contributed by atoms with van der Waals surface area (Å²) >= 11 is 0. The quantitative estimate of drug-likeness (QED) is 0.532. The van der Waals surface area contributed by atoms with E-state index in [1.54, 1.807) is 0 Å². The fraction of sp³-hybridized carbons (Fsp3) is 0.750. The van der Waals surface area contributed by atoms with Crippen molar-refractivity contribution in [2.75, 3.05) is 0 Å². The van der Waals surface area contributed by atoms with Gasteiger partial charge in [-0.1, -0.05) is 0 Å². The molecule has 0 rings (SSSR count). The summed E-state index contributed by atoms with van der Waals surface area (Å²) in [4.78, 5) is 10.3. The van der Waals surface area contributed by atoms with Crippen molar-refractivity contribution >= 4 is 44.5 Å². The Bertz CT molecular complexity index is 135. The Morgan fingerprint density at radius 2 is 2.10 bits per heavy atom. The van der Waals surface area contributed by atoms with Gasteiger partial charge in [-0.25, -0.2) is 0 Å². The van der Waals surface area contributed by atoms with E-state index in [0.29, 0.717) is 0 Å². The first kappa shape index (κ1) is 13.1. The first-order chi connectivity index (χ1) is 4.04. The summed E-state index contributed by atoms with van der Waals surface area (Å²) in [6.45, 7) is 2.54. The van der Waals surface area contributed by atoms with Crippen molar-refractivity contribution in [3.05, 3.63) is 0 Å². The third kappa shape index (κ3) is 6.57. The Hall–Kier alpha value is 0.447. The Labute approximate surface area is 82.6 Å². The van der Waals surface area contributed by atoms with Crippen molar-refractivity contribution < 1.29 is 18.8 Å². The third-order valence-corrected chi connectivity index (χ3v) is 1.07. The zero-order valence-corrected chi connectivity index (χ0v) is 6.25. The van der Waals surface area contributed by atoms with Crippen molar-refractivity contribution in [3.63, 3.8) is 0 Å². The molecular weight excluding hydrogens is 163 g/mol.